The van der Waals surface area contributed by atoms with E-state index in [1.807, 2.05) is 0 Å². The van der Waals surface area contributed by atoms with E-state index in [1.54, 1.807) is 18.2 Å². The van der Waals surface area contributed by atoms with E-state index in [9.17, 15) is 13.2 Å². The Morgan fingerprint density at radius 2 is 1.74 bits per heavy atom. The van der Waals surface area contributed by atoms with Gasteiger partial charge in [0.05, 0.1) is 9.92 Å². The lowest BCUT2D eigenvalue weighted by molar-refractivity contribution is 0.0950. The van der Waals surface area contributed by atoms with Crippen molar-refractivity contribution in [1.29, 1.82) is 0 Å². The van der Waals surface area contributed by atoms with Crippen LogP contribution in [-0.4, -0.2) is 20.6 Å². The minimum atomic E-state index is -3.52. The number of amides is 1. The molecule has 1 N–H and O–H groups in total. The molecule has 0 radical (unpaired) electrons. The zero-order chi connectivity index (χ0) is 17.2. The van der Waals surface area contributed by atoms with Crippen LogP contribution in [0.4, 0.5) is 0 Å². The fourth-order valence-corrected chi connectivity index (χ4v) is 3.65. The Morgan fingerprint density at radius 3 is 2.35 bits per heavy atom. The Labute approximate surface area is 149 Å². The average Bonchev–Trinajstić information content (AvgIpc) is 2.45. The molecule has 0 aromatic heterocycles. The number of sulfone groups is 1. The van der Waals surface area contributed by atoms with Gasteiger partial charge in [0.1, 0.15) is 0 Å². The fourth-order valence-electron chi connectivity index (χ4n) is 1.87. The van der Waals surface area contributed by atoms with Crippen LogP contribution in [0, 0.1) is 0 Å². The van der Waals surface area contributed by atoms with E-state index in [1.165, 1.54) is 18.2 Å². The number of hydrogen-bond donors (Lipinski definition) is 1. The molecule has 0 saturated heterocycles. The molecule has 0 heterocycles. The Hall–Kier alpha value is -1.27. The van der Waals surface area contributed by atoms with E-state index in [0.717, 1.165) is 6.26 Å². The summed E-state index contributed by atoms with van der Waals surface area (Å²) < 4.78 is 23.3. The topological polar surface area (TPSA) is 63.2 Å². The standard InChI is InChI=1S/C15H12Cl3NO3S/c1-23(21,22)14-6-9(3-5-12(14)17)15(20)19-8-10-2-4-11(16)7-13(10)18/h2-7H,8H2,1H3,(H,19,20). The fraction of sp³-hybridized carbons (Fsp3) is 0.133. The molecule has 0 aliphatic carbocycles. The zero-order valence-corrected chi connectivity index (χ0v) is 15.0. The molecule has 122 valence electrons. The van der Waals surface area contributed by atoms with Crippen LogP contribution in [0.3, 0.4) is 0 Å². The van der Waals surface area contributed by atoms with Crippen molar-refractivity contribution in [3.63, 3.8) is 0 Å². The summed E-state index contributed by atoms with van der Waals surface area (Å²) in [5.41, 5.74) is 0.890. The van der Waals surface area contributed by atoms with Gasteiger partial charge in [0.25, 0.3) is 5.91 Å². The van der Waals surface area contributed by atoms with Crippen LogP contribution >= 0.6 is 34.8 Å². The Bertz CT molecular complexity index is 866. The van der Waals surface area contributed by atoms with Gasteiger partial charge in [-0.25, -0.2) is 8.42 Å². The number of rotatable bonds is 4. The smallest absolute Gasteiger partial charge is 0.251 e. The first-order valence-corrected chi connectivity index (χ1v) is 9.43. The van der Waals surface area contributed by atoms with E-state index in [-0.39, 0.29) is 22.0 Å². The maximum absolute atomic E-state index is 12.2. The van der Waals surface area contributed by atoms with E-state index in [4.69, 9.17) is 34.8 Å². The molecule has 1 amide bonds. The monoisotopic (exact) mass is 391 g/mol. The van der Waals surface area contributed by atoms with Gasteiger partial charge in [0, 0.05) is 28.4 Å². The van der Waals surface area contributed by atoms with E-state index in [2.05, 4.69) is 5.32 Å². The molecule has 0 fully saturated rings. The quantitative estimate of drug-likeness (QED) is 0.856. The highest BCUT2D eigenvalue weighted by atomic mass is 35.5. The van der Waals surface area contributed by atoms with E-state index >= 15 is 0 Å². The Kier molecular flexibility index (Phi) is 5.57. The molecule has 23 heavy (non-hydrogen) atoms. The molecular weight excluding hydrogens is 381 g/mol. The van der Waals surface area contributed by atoms with Gasteiger partial charge in [0.15, 0.2) is 9.84 Å². The molecule has 0 aliphatic rings. The number of nitrogens with one attached hydrogen (secondary N) is 1. The van der Waals surface area contributed by atoms with Gasteiger partial charge in [-0.3, -0.25) is 4.79 Å². The lowest BCUT2D eigenvalue weighted by Gasteiger charge is -2.09. The van der Waals surface area contributed by atoms with Crippen molar-refractivity contribution in [1.82, 2.24) is 5.32 Å². The Balaban J connectivity index is 2.18. The van der Waals surface area contributed by atoms with E-state index in [0.29, 0.717) is 15.6 Å². The first-order valence-electron chi connectivity index (χ1n) is 6.40. The van der Waals surface area contributed by atoms with Crippen LogP contribution in [0.5, 0.6) is 0 Å². The predicted molar refractivity (Wildman–Crippen MR) is 92.2 cm³/mol. The van der Waals surface area contributed by atoms with Gasteiger partial charge >= 0.3 is 0 Å². The molecule has 0 aliphatic heterocycles. The summed E-state index contributed by atoms with van der Waals surface area (Å²) in [4.78, 5) is 12.1. The summed E-state index contributed by atoms with van der Waals surface area (Å²) in [6.07, 6.45) is 1.03. The summed E-state index contributed by atoms with van der Waals surface area (Å²) in [6.45, 7) is 0.186. The van der Waals surface area contributed by atoms with Gasteiger partial charge < -0.3 is 5.32 Å². The average molecular weight is 393 g/mol. The number of halogens is 3. The number of carbonyl (C=O) groups excluding carboxylic acids is 1. The molecule has 0 saturated carbocycles. The van der Waals surface area contributed by atoms with Crippen molar-refractivity contribution in [2.75, 3.05) is 6.26 Å². The SMILES string of the molecule is CS(=O)(=O)c1cc(C(=O)NCc2ccc(Cl)cc2Cl)ccc1Cl. The lowest BCUT2D eigenvalue weighted by Crippen LogP contribution is -2.23. The van der Waals surface area contributed by atoms with Crippen LogP contribution < -0.4 is 5.32 Å². The minimum absolute atomic E-state index is 0.0739. The molecule has 8 heteroatoms. The van der Waals surface area contributed by atoms with E-state index < -0.39 is 15.7 Å². The van der Waals surface area contributed by atoms with Crippen molar-refractivity contribution < 1.29 is 13.2 Å². The first-order chi connectivity index (χ1) is 10.7. The predicted octanol–water partition coefficient (Wildman–Crippen LogP) is 3.98. The van der Waals surface area contributed by atoms with Gasteiger partial charge in [0.2, 0.25) is 0 Å². The molecule has 0 spiro atoms. The highest BCUT2D eigenvalue weighted by Gasteiger charge is 2.16. The van der Waals surface area contributed by atoms with Crippen molar-refractivity contribution >= 4 is 50.5 Å². The van der Waals surface area contributed by atoms with Crippen LogP contribution in [0.25, 0.3) is 0 Å². The van der Waals surface area contributed by atoms with Gasteiger partial charge in [-0.05, 0) is 35.9 Å². The number of benzene rings is 2. The highest BCUT2D eigenvalue weighted by Crippen LogP contribution is 2.23. The summed E-state index contributed by atoms with van der Waals surface area (Å²) in [7, 11) is -3.52. The van der Waals surface area contributed by atoms with Crippen LogP contribution in [0.1, 0.15) is 15.9 Å². The highest BCUT2D eigenvalue weighted by molar-refractivity contribution is 7.90. The zero-order valence-electron chi connectivity index (χ0n) is 11.9. The first kappa shape index (κ1) is 18.1. The summed E-state index contributed by atoms with van der Waals surface area (Å²) in [6, 6.07) is 9.02. The van der Waals surface area contributed by atoms with Crippen LogP contribution in [-0.2, 0) is 16.4 Å². The second-order valence-electron chi connectivity index (χ2n) is 4.84. The maximum atomic E-state index is 12.2. The molecule has 0 unspecified atom stereocenters. The normalized spacial score (nSPS) is 11.3. The number of hydrogen-bond acceptors (Lipinski definition) is 3. The van der Waals surface area contributed by atoms with Gasteiger partial charge in [-0.2, -0.15) is 0 Å². The van der Waals surface area contributed by atoms with Gasteiger partial charge in [-0.15, -0.1) is 0 Å². The van der Waals surface area contributed by atoms with Crippen molar-refractivity contribution in [2.45, 2.75) is 11.4 Å². The van der Waals surface area contributed by atoms with Crippen LogP contribution in [0.15, 0.2) is 41.3 Å². The summed E-state index contributed by atoms with van der Waals surface area (Å²) >= 11 is 17.7. The molecular formula is C15H12Cl3NO3S. The minimum Gasteiger partial charge on any atom is -0.348 e. The van der Waals surface area contributed by atoms with Gasteiger partial charge in [-0.1, -0.05) is 40.9 Å². The molecule has 2 aromatic carbocycles. The van der Waals surface area contributed by atoms with Crippen molar-refractivity contribution in [3.05, 3.63) is 62.6 Å². The molecule has 2 aromatic rings. The summed E-state index contributed by atoms with van der Waals surface area (Å²) in [5.74, 6) is -0.433. The molecule has 0 bridgehead atoms. The largest absolute Gasteiger partial charge is 0.348 e. The number of carbonyl (C=O) groups is 1. The third-order valence-corrected chi connectivity index (χ3v) is 5.21. The van der Waals surface area contributed by atoms with Crippen LogP contribution in [0.2, 0.25) is 15.1 Å². The van der Waals surface area contributed by atoms with Crippen molar-refractivity contribution in [3.8, 4) is 0 Å². The third-order valence-electron chi connectivity index (χ3n) is 3.05. The second kappa shape index (κ2) is 7.09. The third kappa shape index (κ3) is 4.61. The summed E-state index contributed by atoms with van der Waals surface area (Å²) in [5, 5.41) is 3.68. The molecule has 4 nitrogen and oxygen atoms in total. The molecule has 0 atom stereocenters. The maximum Gasteiger partial charge on any atom is 0.251 e. The lowest BCUT2D eigenvalue weighted by atomic mass is 10.2. The Morgan fingerprint density at radius 1 is 1.04 bits per heavy atom. The van der Waals surface area contributed by atoms with Crippen molar-refractivity contribution in [2.24, 2.45) is 0 Å². The second-order valence-corrected chi connectivity index (χ2v) is 8.07. The molecule has 2 rings (SSSR count).